The largest absolute Gasteiger partial charge is 0.364 e. The molecule has 2 aliphatic rings. The van der Waals surface area contributed by atoms with Crippen LogP contribution in [0.15, 0.2) is 21.8 Å². The third-order valence-corrected chi connectivity index (χ3v) is 5.38. The molecule has 7 nitrogen and oxygen atoms in total. The number of aliphatic imine (C=N–C) groups is 1. The van der Waals surface area contributed by atoms with Crippen molar-refractivity contribution in [1.29, 1.82) is 0 Å². The van der Waals surface area contributed by atoms with Crippen LogP contribution in [0.25, 0.3) is 0 Å². The molecule has 26 heavy (non-hydrogen) atoms. The van der Waals surface area contributed by atoms with E-state index < -0.39 is 0 Å². The molecule has 1 N–H and O–H groups in total. The summed E-state index contributed by atoms with van der Waals surface area (Å²) in [6, 6.07) is 2.66. The number of hydrogen-bond donors (Lipinski definition) is 1. The molecule has 1 unspecified atom stereocenters. The first-order chi connectivity index (χ1) is 12.3. The van der Waals surface area contributed by atoms with Crippen molar-refractivity contribution in [1.82, 2.24) is 25.2 Å². The van der Waals surface area contributed by atoms with Crippen molar-refractivity contribution < 1.29 is 4.52 Å². The van der Waals surface area contributed by atoms with E-state index in [1.165, 1.54) is 25.8 Å². The van der Waals surface area contributed by atoms with E-state index in [0.29, 0.717) is 0 Å². The van der Waals surface area contributed by atoms with Crippen LogP contribution in [0, 0.1) is 0 Å². The van der Waals surface area contributed by atoms with Crippen LogP contribution in [0.3, 0.4) is 0 Å². The number of piperidine rings is 1. The number of likely N-dealkylation sites (tertiary alicyclic amines) is 1. The zero-order valence-corrected chi connectivity index (χ0v) is 18.4. The number of nitrogens with one attached hydrogen (secondary N) is 1. The Balaban J connectivity index is 0.00000243. The maximum Gasteiger partial charge on any atom is 0.193 e. The van der Waals surface area contributed by atoms with Gasteiger partial charge in [0.05, 0.1) is 5.69 Å². The molecule has 0 radical (unpaired) electrons. The van der Waals surface area contributed by atoms with Crippen LogP contribution in [0.1, 0.15) is 31.9 Å². The molecule has 0 aliphatic carbocycles. The van der Waals surface area contributed by atoms with Crippen molar-refractivity contribution in [3.05, 3.63) is 18.0 Å². The molecule has 1 aromatic rings. The van der Waals surface area contributed by atoms with Gasteiger partial charge >= 0.3 is 0 Å². The maximum atomic E-state index is 4.91. The first kappa shape index (κ1) is 21.4. The summed E-state index contributed by atoms with van der Waals surface area (Å²) in [5, 5.41) is 7.56. The molecule has 0 spiro atoms. The molecule has 0 amide bonds. The minimum absolute atomic E-state index is 0. The molecule has 2 aliphatic heterocycles. The van der Waals surface area contributed by atoms with Gasteiger partial charge in [0.25, 0.3) is 0 Å². The SMILES string of the molecule is CN=C(NCCN1CCCCC1C)N1CCN(Cc2ccon2)CC1.I. The maximum absolute atomic E-state index is 4.91. The molecule has 148 valence electrons. The van der Waals surface area contributed by atoms with E-state index in [1.807, 2.05) is 13.1 Å². The highest BCUT2D eigenvalue weighted by atomic mass is 127. The van der Waals surface area contributed by atoms with E-state index >= 15 is 0 Å². The lowest BCUT2D eigenvalue weighted by Crippen LogP contribution is -2.53. The third-order valence-electron chi connectivity index (χ3n) is 5.38. The van der Waals surface area contributed by atoms with Crippen molar-refractivity contribution in [3.63, 3.8) is 0 Å². The number of piperazine rings is 1. The fourth-order valence-corrected chi connectivity index (χ4v) is 3.80. The van der Waals surface area contributed by atoms with E-state index in [0.717, 1.165) is 63.5 Å². The Morgan fingerprint density at radius 3 is 2.73 bits per heavy atom. The van der Waals surface area contributed by atoms with Gasteiger partial charge in [-0.05, 0) is 26.3 Å². The highest BCUT2D eigenvalue weighted by molar-refractivity contribution is 14.0. The first-order valence-corrected chi connectivity index (χ1v) is 9.57. The van der Waals surface area contributed by atoms with E-state index in [-0.39, 0.29) is 24.0 Å². The van der Waals surface area contributed by atoms with Gasteiger partial charge in [0, 0.05) is 65.0 Å². The molecule has 1 aromatic heterocycles. The standard InChI is InChI=1S/C18H32N6O.HI/c1-16-5-3-4-8-23(16)9-7-20-18(19-2)24-12-10-22(11-13-24)15-17-6-14-25-21-17;/h6,14,16H,3-5,7-13,15H2,1-2H3,(H,19,20);1H. The van der Waals surface area contributed by atoms with Crippen LogP contribution in [-0.4, -0.2) is 84.7 Å². The summed E-state index contributed by atoms with van der Waals surface area (Å²) in [4.78, 5) is 11.9. The Hall–Kier alpha value is -0.870. The van der Waals surface area contributed by atoms with Gasteiger partial charge in [0.2, 0.25) is 0 Å². The first-order valence-electron chi connectivity index (χ1n) is 9.57. The summed E-state index contributed by atoms with van der Waals surface area (Å²) in [6.07, 6.45) is 5.70. The number of guanidine groups is 1. The summed E-state index contributed by atoms with van der Waals surface area (Å²) >= 11 is 0. The molecule has 1 atom stereocenters. The number of hydrogen-bond acceptors (Lipinski definition) is 5. The summed E-state index contributed by atoms with van der Waals surface area (Å²) in [5.41, 5.74) is 1.01. The van der Waals surface area contributed by atoms with Crippen molar-refractivity contribution in [2.75, 3.05) is 52.9 Å². The minimum Gasteiger partial charge on any atom is -0.364 e. The second-order valence-electron chi connectivity index (χ2n) is 7.11. The molecule has 0 aromatic carbocycles. The van der Waals surface area contributed by atoms with E-state index in [2.05, 4.69) is 37.1 Å². The Labute approximate surface area is 174 Å². The topological polar surface area (TPSA) is 60.1 Å². The van der Waals surface area contributed by atoms with Gasteiger partial charge in [-0.25, -0.2) is 0 Å². The summed E-state index contributed by atoms with van der Waals surface area (Å²) < 4.78 is 4.91. The van der Waals surface area contributed by atoms with E-state index in [4.69, 9.17) is 4.52 Å². The second-order valence-corrected chi connectivity index (χ2v) is 7.11. The van der Waals surface area contributed by atoms with Gasteiger partial charge in [-0.2, -0.15) is 0 Å². The number of halogens is 1. The molecule has 0 saturated carbocycles. The van der Waals surface area contributed by atoms with Gasteiger partial charge in [-0.1, -0.05) is 11.6 Å². The lowest BCUT2D eigenvalue weighted by molar-refractivity contribution is 0.159. The predicted octanol–water partition coefficient (Wildman–Crippen LogP) is 1.86. The van der Waals surface area contributed by atoms with Gasteiger partial charge in [-0.15, -0.1) is 24.0 Å². The molecule has 0 bridgehead atoms. The Morgan fingerprint density at radius 1 is 1.27 bits per heavy atom. The van der Waals surface area contributed by atoms with Crippen LogP contribution in [-0.2, 0) is 6.54 Å². The summed E-state index contributed by atoms with van der Waals surface area (Å²) in [7, 11) is 1.88. The monoisotopic (exact) mass is 476 g/mol. The van der Waals surface area contributed by atoms with Crippen molar-refractivity contribution in [2.24, 2.45) is 4.99 Å². The Kier molecular flexibility index (Phi) is 9.13. The summed E-state index contributed by atoms with van der Waals surface area (Å²) in [5.74, 6) is 1.03. The molecule has 3 heterocycles. The van der Waals surface area contributed by atoms with Crippen LogP contribution >= 0.6 is 24.0 Å². The number of nitrogens with zero attached hydrogens (tertiary/aromatic N) is 5. The predicted molar refractivity (Wildman–Crippen MR) is 115 cm³/mol. The fourth-order valence-electron chi connectivity index (χ4n) is 3.80. The number of rotatable bonds is 5. The van der Waals surface area contributed by atoms with Crippen LogP contribution in [0.5, 0.6) is 0 Å². The van der Waals surface area contributed by atoms with Gasteiger partial charge in [-0.3, -0.25) is 14.8 Å². The molecular weight excluding hydrogens is 443 g/mol. The Morgan fingerprint density at radius 2 is 2.08 bits per heavy atom. The van der Waals surface area contributed by atoms with Crippen molar-refractivity contribution >= 4 is 29.9 Å². The molecular formula is C18H33IN6O. The van der Waals surface area contributed by atoms with Crippen LogP contribution in [0.4, 0.5) is 0 Å². The zero-order chi connectivity index (χ0) is 17.5. The lowest BCUT2D eigenvalue weighted by atomic mass is 10.0. The molecule has 8 heteroatoms. The van der Waals surface area contributed by atoms with Gasteiger partial charge < -0.3 is 14.7 Å². The highest BCUT2D eigenvalue weighted by Crippen LogP contribution is 2.15. The summed E-state index contributed by atoms with van der Waals surface area (Å²) in [6.45, 7) is 10.6. The highest BCUT2D eigenvalue weighted by Gasteiger charge is 2.21. The Bertz CT molecular complexity index is 530. The van der Waals surface area contributed by atoms with Crippen LogP contribution < -0.4 is 5.32 Å². The number of aromatic nitrogens is 1. The normalized spacial score (nSPS) is 22.9. The van der Waals surface area contributed by atoms with Gasteiger partial charge in [0.1, 0.15) is 6.26 Å². The van der Waals surface area contributed by atoms with Crippen molar-refractivity contribution in [3.8, 4) is 0 Å². The third kappa shape index (κ3) is 6.09. The quantitative estimate of drug-likeness (QED) is 0.398. The second kappa shape index (κ2) is 11.1. The van der Waals surface area contributed by atoms with E-state index in [9.17, 15) is 0 Å². The van der Waals surface area contributed by atoms with E-state index in [1.54, 1.807) is 6.26 Å². The molecule has 3 rings (SSSR count). The average molecular weight is 476 g/mol. The van der Waals surface area contributed by atoms with Gasteiger partial charge in [0.15, 0.2) is 5.96 Å². The zero-order valence-electron chi connectivity index (χ0n) is 16.1. The van der Waals surface area contributed by atoms with Crippen LogP contribution in [0.2, 0.25) is 0 Å². The van der Waals surface area contributed by atoms with Crippen molar-refractivity contribution in [2.45, 2.75) is 38.8 Å². The minimum atomic E-state index is 0. The average Bonchev–Trinajstić information content (AvgIpc) is 3.14. The smallest absolute Gasteiger partial charge is 0.193 e. The lowest BCUT2D eigenvalue weighted by Gasteiger charge is -2.37. The molecule has 2 fully saturated rings. The molecule has 2 saturated heterocycles. The fraction of sp³-hybridized carbons (Fsp3) is 0.778.